The lowest BCUT2D eigenvalue weighted by Gasteiger charge is -2.18. The molecule has 6 nitrogen and oxygen atoms in total. The Kier molecular flexibility index (Phi) is 7.74. The van der Waals surface area contributed by atoms with Gasteiger partial charge in [0.25, 0.3) is 0 Å². The lowest BCUT2D eigenvalue weighted by molar-refractivity contribution is -0.122. The van der Waals surface area contributed by atoms with E-state index in [4.69, 9.17) is 22.1 Å². The molecule has 116 valence electrons. The molecule has 0 aliphatic rings. The molecule has 2 amide bonds. The van der Waals surface area contributed by atoms with E-state index in [0.29, 0.717) is 18.2 Å². The number of halogens is 1. The average Bonchev–Trinajstić information content (AvgIpc) is 2.42. The Morgan fingerprint density at radius 3 is 2.81 bits per heavy atom. The summed E-state index contributed by atoms with van der Waals surface area (Å²) in [7, 11) is 1.59. The van der Waals surface area contributed by atoms with Gasteiger partial charge in [0, 0.05) is 18.7 Å². The fourth-order valence-electron chi connectivity index (χ4n) is 1.80. The molecule has 0 aromatic heterocycles. The molecule has 0 spiro atoms. The molecule has 0 radical (unpaired) electrons. The highest BCUT2D eigenvalue weighted by molar-refractivity contribution is 6.30. The van der Waals surface area contributed by atoms with Crippen molar-refractivity contribution in [3.05, 3.63) is 34.9 Å². The van der Waals surface area contributed by atoms with E-state index in [9.17, 15) is 9.59 Å². The average molecular weight is 314 g/mol. The van der Waals surface area contributed by atoms with Gasteiger partial charge in [-0.15, -0.1) is 0 Å². The molecule has 21 heavy (non-hydrogen) atoms. The van der Waals surface area contributed by atoms with E-state index in [2.05, 4.69) is 10.6 Å². The van der Waals surface area contributed by atoms with Crippen LogP contribution in [0, 0.1) is 0 Å². The van der Waals surface area contributed by atoms with E-state index in [1.807, 2.05) is 0 Å². The summed E-state index contributed by atoms with van der Waals surface area (Å²) in [5.74, 6) is -0.718. The van der Waals surface area contributed by atoms with Crippen molar-refractivity contribution in [3.8, 4) is 0 Å². The minimum Gasteiger partial charge on any atom is -0.383 e. The molecular formula is C14H20ClN3O3. The summed E-state index contributed by atoms with van der Waals surface area (Å²) in [4.78, 5) is 23.0. The first-order chi connectivity index (χ1) is 10.0. The van der Waals surface area contributed by atoms with Crippen molar-refractivity contribution in [2.75, 3.05) is 26.8 Å². The molecule has 1 aromatic carbocycles. The summed E-state index contributed by atoms with van der Waals surface area (Å²) in [6.45, 7) is 1.23. The monoisotopic (exact) mass is 313 g/mol. The molecule has 0 bridgehead atoms. The minimum absolute atomic E-state index is 0.0180. The molecule has 1 aromatic rings. The van der Waals surface area contributed by atoms with E-state index in [1.165, 1.54) is 0 Å². The van der Waals surface area contributed by atoms with Crippen LogP contribution >= 0.6 is 11.6 Å². The van der Waals surface area contributed by atoms with Crippen LogP contribution in [0.3, 0.4) is 0 Å². The van der Waals surface area contributed by atoms with Crippen molar-refractivity contribution in [2.45, 2.75) is 12.5 Å². The molecule has 0 saturated heterocycles. The number of benzene rings is 1. The van der Waals surface area contributed by atoms with Crippen LogP contribution in [0.4, 0.5) is 0 Å². The normalized spacial score (nSPS) is 11.9. The standard InChI is InChI=1S/C14H20ClN3O3/c1-21-6-5-17-9-14(20)18-12(8-13(16)19)10-3-2-4-11(15)7-10/h2-4,7,12,17H,5-6,8-9H2,1H3,(H2,16,19)(H,18,20)/t12-/m1/s1. The second-order valence-electron chi connectivity index (χ2n) is 4.52. The third-order valence-corrected chi connectivity index (χ3v) is 3.00. The number of hydrogen-bond acceptors (Lipinski definition) is 4. The molecule has 0 saturated carbocycles. The van der Waals surface area contributed by atoms with Crippen molar-refractivity contribution < 1.29 is 14.3 Å². The lowest BCUT2D eigenvalue weighted by Crippen LogP contribution is -2.38. The Balaban J connectivity index is 2.62. The SMILES string of the molecule is COCCNCC(=O)N[C@H](CC(N)=O)c1cccc(Cl)c1. The summed E-state index contributed by atoms with van der Waals surface area (Å²) in [5.41, 5.74) is 5.97. The van der Waals surface area contributed by atoms with Crippen LogP contribution in [0.1, 0.15) is 18.0 Å². The predicted molar refractivity (Wildman–Crippen MR) is 80.9 cm³/mol. The maximum atomic E-state index is 11.9. The van der Waals surface area contributed by atoms with Crippen molar-refractivity contribution in [2.24, 2.45) is 5.73 Å². The van der Waals surface area contributed by atoms with E-state index >= 15 is 0 Å². The quantitative estimate of drug-likeness (QED) is 0.582. The molecule has 0 fully saturated rings. The molecule has 1 rings (SSSR count). The number of carbonyl (C=O) groups is 2. The van der Waals surface area contributed by atoms with Gasteiger partial charge in [0.15, 0.2) is 0 Å². The van der Waals surface area contributed by atoms with Crippen molar-refractivity contribution >= 4 is 23.4 Å². The van der Waals surface area contributed by atoms with Crippen LogP contribution in [0.15, 0.2) is 24.3 Å². The number of nitrogens with one attached hydrogen (secondary N) is 2. The number of rotatable bonds is 9. The van der Waals surface area contributed by atoms with Gasteiger partial charge < -0.3 is 21.1 Å². The molecule has 0 aliphatic heterocycles. The number of ether oxygens (including phenoxy) is 1. The number of amides is 2. The summed E-state index contributed by atoms with van der Waals surface area (Å²) < 4.78 is 4.87. The summed E-state index contributed by atoms with van der Waals surface area (Å²) in [5, 5.41) is 6.23. The van der Waals surface area contributed by atoms with Crippen LogP contribution in [-0.2, 0) is 14.3 Å². The number of methoxy groups -OCH3 is 1. The van der Waals surface area contributed by atoms with E-state index in [1.54, 1.807) is 31.4 Å². The first-order valence-electron chi connectivity index (χ1n) is 6.55. The highest BCUT2D eigenvalue weighted by Gasteiger charge is 2.17. The maximum Gasteiger partial charge on any atom is 0.234 e. The van der Waals surface area contributed by atoms with Gasteiger partial charge in [0.1, 0.15) is 0 Å². The van der Waals surface area contributed by atoms with E-state index in [0.717, 1.165) is 5.56 Å². The fourth-order valence-corrected chi connectivity index (χ4v) is 2.00. The smallest absolute Gasteiger partial charge is 0.234 e. The van der Waals surface area contributed by atoms with Gasteiger partial charge in [0.05, 0.1) is 25.6 Å². The van der Waals surface area contributed by atoms with E-state index in [-0.39, 0.29) is 18.9 Å². The van der Waals surface area contributed by atoms with Crippen molar-refractivity contribution in [3.63, 3.8) is 0 Å². The zero-order valence-electron chi connectivity index (χ0n) is 11.9. The van der Waals surface area contributed by atoms with Crippen LogP contribution in [0.5, 0.6) is 0 Å². The molecule has 0 aliphatic carbocycles. The van der Waals surface area contributed by atoms with Gasteiger partial charge in [0.2, 0.25) is 11.8 Å². The molecule has 1 atom stereocenters. The van der Waals surface area contributed by atoms with Gasteiger partial charge in [-0.05, 0) is 17.7 Å². The summed E-state index contributed by atoms with van der Waals surface area (Å²) in [6.07, 6.45) is 0.0180. The lowest BCUT2D eigenvalue weighted by atomic mass is 10.0. The Morgan fingerprint density at radius 2 is 2.19 bits per heavy atom. The topological polar surface area (TPSA) is 93.4 Å². The number of nitrogens with two attached hydrogens (primary N) is 1. The summed E-state index contributed by atoms with van der Waals surface area (Å²) in [6, 6.07) is 6.49. The Hall–Kier alpha value is -1.63. The van der Waals surface area contributed by atoms with Crippen molar-refractivity contribution in [1.82, 2.24) is 10.6 Å². The number of carbonyl (C=O) groups excluding carboxylic acids is 2. The predicted octanol–water partition coefficient (Wildman–Crippen LogP) is 0.609. The van der Waals surface area contributed by atoms with Gasteiger partial charge >= 0.3 is 0 Å². The molecule has 0 unspecified atom stereocenters. The van der Waals surface area contributed by atoms with E-state index < -0.39 is 11.9 Å². The highest BCUT2D eigenvalue weighted by Crippen LogP contribution is 2.20. The third-order valence-electron chi connectivity index (χ3n) is 2.76. The van der Waals surface area contributed by atoms with Crippen LogP contribution in [-0.4, -0.2) is 38.6 Å². The first-order valence-corrected chi connectivity index (χ1v) is 6.93. The van der Waals surface area contributed by atoms with Gasteiger partial charge in [-0.1, -0.05) is 23.7 Å². The molecule has 4 N–H and O–H groups in total. The first kappa shape index (κ1) is 17.4. The summed E-state index contributed by atoms with van der Waals surface area (Å²) >= 11 is 5.93. The van der Waals surface area contributed by atoms with Gasteiger partial charge in [-0.2, -0.15) is 0 Å². The number of hydrogen-bond donors (Lipinski definition) is 3. The second kappa shape index (κ2) is 9.33. The van der Waals surface area contributed by atoms with Crippen LogP contribution in [0.2, 0.25) is 5.02 Å². The highest BCUT2D eigenvalue weighted by atomic mass is 35.5. The fraction of sp³-hybridized carbons (Fsp3) is 0.429. The third kappa shape index (κ3) is 7.08. The van der Waals surface area contributed by atoms with Crippen LogP contribution < -0.4 is 16.4 Å². The molecule has 7 heteroatoms. The molecule has 0 heterocycles. The molecular weight excluding hydrogens is 294 g/mol. The van der Waals surface area contributed by atoms with Crippen molar-refractivity contribution in [1.29, 1.82) is 0 Å². The Labute approximate surface area is 129 Å². The number of primary amides is 1. The van der Waals surface area contributed by atoms with Gasteiger partial charge in [-0.25, -0.2) is 0 Å². The Morgan fingerprint density at radius 1 is 1.43 bits per heavy atom. The zero-order valence-corrected chi connectivity index (χ0v) is 12.7. The zero-order chi connectivity index (χ0) is 15.7. The largest absolute Gasteiger partial charge is 0.383 e. The van der Waals surface area contributed by atoms with Crippen LogP contribution in [0.25, 0.3) is 0 Å². The van der Waals surface area contributed by atoms with Gasteiger partial charge in [-0.3, -0.25) is 9.59 Å². The minimum atomic E-state index is -0.493. The Bertz CT molecular complexity index is 482. The maximum absolute atomic E-state index is 11.9. The second-order valence-corrected chi connectivity index (χ2v) is 4.95.